The molecule has 2 N–H and O–H groups in total. The highest BCUT2D eigenvalue weighted by molar-refractivity contribution is 6.30. The van der Waals surface area contributed by atoms with Crippen molar-refractivity contribution in [2.75, 3.05) is 18.0 Å². The highest BCUT2D eigenvalue weighted by Crippen LogP contribution is 2.24. The molecule has 0 amide bonds. The van der Waals surface area contributed by atoms with Gasteiger partial charge in [-0.3, -0.25) is 0 Å². The van der Waals surface area contributed by atoms with Crippen LogP contribution in [-0.2, 0) is 0 Å². The van der Waals surface area contributed by atoms with Crippen LogP contribution in [0.2, 0.25) is 5.02 Å². The number of benzene rings is 1. The molecule has 1 fully saturated rings. The first kappa shape index (κ1) is 10.8. The predicted molar refractivity (Wildman–Crippen MR) is 65.4 cm³/mol. The van der Waals surface area contributed by atoms with Crippen LogP contribution in [0.15, 0.2) is 24.3 Å². The summed E-state index contributed by atoms with van der Waals surface area (Å²) in [7, 11) is 0. The number of nitrogens with two attached hydrogens (primary N) is 1. The number of piperidine rings is 1. The van der Waals surface area contributed by atoms with Gasteiger partial charge in [0.05, 0.1) is 0 Å². The van der Waals surface area contributed by atoms with Crippen molar-refractivity contribution in [1.29, 1.82) is 0 Å². The van der Waals surface area contributed by atoms with Crippen LogP contribution in [0.5, 0.6) is 0 Å². The summed E-state index contributed by atoms with van der Waals surface area (Å²) in [5, 5.41) is 0.791. The largest absolute Gasteiger partial charge is 0.370 e. The molecule has 2 atom stereocenters. The molecule has 1 aromatic carbocycles. The second-order valence-corrected chi connectivity index (χ2v) is 4.92. The van der Waals surface area contributed by atoms with Gasteiger partial charge in [-0.2, -0.15) is 0 Å². The summed E-state index contributed by atoms with van der Waals surface area (Å²) in [6.45, 7) is 4.26. The molecule has 1 saturated heterocycles. The average Bonchev–Trinajstić information content (AvgIpc) is 2.16. The molecule has 0 aliphatic carbocycles. The normalized spacial score (nSPS) is 26.7. The summed E-state index contributed by atoms with van der Waals surface area (Å²) in [4.78, 5) is 2.32. The molecule has 0 saturated carbocycles. The lowest BCUT2D eigenvalue weighted by molar-refractivity contribution is 0.401. The van der Waals surface area contributed by atoms with Gasteiger partial charge in [-0.05, 0) is 30.5 Å². The Bertz CT molecular complexity index is 330. The van der Waals surface area contributed by atoms with Crippen molar-refractivity contribution in [2.45, 2.75) is 19.4 Å². The van der Waals surface area contributed by atoms with Crippen LogP contribution in [0.3, 0.4) is 0 Å². The second kappa shape index (κ2) is 4.42. The highest BCUT2D eigenvalue weighted by Gasteiger charge is 2.22. The molecule has 0 bridgehead atoms. The van der Waals surface area contributed by atoms with Crippen LogP contribution in [-0.4, -0.2) is 19.1 Å². The standard InChI is InChI=1S/C12H17ClN2/c1-9-5-11(14)8-15(7-9)12-4-2-3-10(13)6-12/h2-4,6,9,11H,5,7-8,14H2,1H3. The van der Waals surface area contributed by atoms with Crippen LogP contribution in [0.4, 0.5) is 5.69 Å². The average molecular weight is 225 g/mol. The molecule has 0 radical (unpaired) electrons. The van der Waals surface area contributed by atoms with Crippen LogP contribution in [0, 0.1) is 5.92 Å². The monoisotopic (exact) mass is 224 g/mol. The van der Waals surface area contributed by atoms with Crippen molar-refractivity contribution in [3.63, 3.8) is 0 Å². The molecule has 1 aliphatic rings. The predicted octanol–water partition coefficient (Wildman–Crippen LogP) is 2.51. The van der Waals surface area contributed by atoms with Crippen molar-refractivity contribution in [2.24, 2.45) is 11.7 Å². The topological polar surface area (TPSA) is 29.3 Å². The fourth-order valence-corrected chi connectivity index (χ4v) is 2.47. The minimum Gasteiger partial charge on any atom is -0.370 e. The Balaban J connectivity index is 2.16. The molecular formula is C12H17ClN2. The summed E-state index contributed by atoms with van der Waals surface area (Å²) in [5.41, 5.74) is 7.20. The van der Waals surface area contributed by atoms with Crippen molar-refractivity contribution < 1.29 is 0 Å². The van der Waals surface area contributed by atoms with Gasteiger partial charge in [-0.25, -0.2) is 0 Å². The Morgan fingerprint density at radius 3 is 2.87 bits per heavy atom. The zero-order chi connectivity index (χ0) is 10.8. The molecule has 15 heavy (non-hydrogen) atoms. The fourth-order valence-electron chi connectivity index (χ4n) is 2.28. The molecule has 2 unspecified atom stereocenters. The van der Waals surface area contributed by atoms with Crippen molar-refractivity contribution in [3.05, 3.63) is 29.3 Å². The minimum atomic E-state index is 0.285. The van der Waals surface area contributed by atoms with E-state index in [1.54, 1.807) is 0 Å². The van der Waals surface area contributed by atoms with E-state index in [2.05, 4.69) is 17.9 Å². The first-order chi connectivity index (χ1) is 7.15. The van der Waals surface area contributed by atoms with Crippen molar-refractivity contribution >= 4 is 17.3 Å². The Morgan fingerprint density at radius 1 is 1.40 bits per heavy atom. The van der Waals surface area contributed by atoms with E-state index in [0.29, 0.717) is 5.92 Å². The van der Waals surface area contributed by atoms with Gasteiger partial charge < -0.3 is 10.6 Å². The maximum absolute atomic E-state index is 6.02. The number of anilines is 1. The zero-order valence-electron chi connectivity index (χ0n) is 8.99. The van der Waals surface area contributed by atoms with E-state index in [-0.39, 0.29) is 6.04 Å². The maximum atomic E-state index is 6.02. The Morgan fingerprint density at radius 2 is 2.20 bits per heavy atom. The molecule has 3 heteroatoms. The summed E-state index contributed by atoms with van der Waals surface area (Å²) < 4.78 is 0. The maximum Gasteiger partial charge on any atom is 0.0426 e. The Labute approximate surface area is 96.0 Å². The van der Waals surface area contributed by atoms with E-state index in [1.165, 1.54) is 5.69 Å². The van der Waals surface area contributed by atoms with Gasteiger partial charge in [-0.15, -0.1) is 0 Å². The molecule has 2 nitrogen and oxygen atoms in total. The summed E-state index contributed by atoms with van der Waals surface area (Å²) >= 11 is 5.98. The van der Waals surface area contributed by atoms with Crippen LogP contribution < -0.4 is 10.6 Å². The first-order valence-corrected chi connectivity index (χ1v) is 5.79. The van der Waals surface area contributed by atoms with Crippen molar-refractivity contribution in [1.82, 2.24) is 0 Å². The number of nitrogens with zero attached hydrogens (tertiary/aromatic N) is 1. The van der Waals surface area contributed by atoms with Crippen LogP contribution in [0.1, 0.15) is 13.3 Å². The molecule has 1 heterocycles. The number of rotatable bonds is 1. The van der Waals surface area contributed by atoms with Gasteiger partial charge in [0.2, 0.25) is 0 Å². The van der Waals surface area contributed by atoms with E-state index < -0.39 is 0 Å². The molecule has 1 aliphatic heterocycles. The molecule has 82 valence electrons. The quantitative estimate of drug-likeness (QED) is 0.795. The summed E-state index contributed by atoms with van der Waals surface area (Å²) in [6.07, 6.45) is 1.12. The number of hydrogen-bond acceptors (Lipinski definition) is 2. The minimum absolute atomic E-state index is 0.285. The molecule has 1 aromatic rings. The van der Waals surface area contributed by atoms with Crippen LogP contribution >= 0.6 is 11.6 Å². The van der Waals surface area contributed by atoms with Gasteiger partial charge in [0.15, 0.2) is 0 Å². The Kier molecular flexibility index (Phi) is 3.17. The first-order valence-electron chi connectivity index (χ1n) is 5.41. The van der Waals surface area contributed by atoms with Gasteiger partial charge >= 0.3 is 0 Å². The van der Waals surface area contributed by atoms with E-state index in [4.69, 9.17) is 17.3 Å². The third kappa shape index (κ3) is 2.64. The van der Waals surface area contributed by atoms with Gasteiger partial charge in [0.25, 0.3) is 0 Å². The van der Waals surface area contributed by atoms with Crippen LogP contribution in [0.25, 0.3) is 0 Å². The number of hydrogen-bond donors (Lipinski definition) is 1. The van der Waals surface area contributed by atoms with E-state index in [1.807, 2.05) is 18.2 Å². The van der Waals surface area contributed by atoms with Gasteiger partial charge in [-0.1, -0.05) is 24.6 Å². The van der Waals surface area contributed by atoms with Gasteiger partial charge in [0.1, 0.15) is 0 Å². The van der Waals surface area contributed by atoms with Crippen molar-refractivity contribution in [3.8, 4) is 0 Å². The fraction of sp³-hybridized carbons (Fsp3) is 0.500. The third-order valence-electron chi connectivity index (χ3n) is 2.87. The molecule has 2 rings (SSSR count). The van der Waals surface area contributed by atoms with Gasteiger partial charge in [0, 0.05) is 29.8 Å². The lowest BCUT2D eigenvalue weighted by Crippen LogP contribution is -2.46. The summed E-state index contributed by atoms with van der Waals surface area (Å²) in [6, 6.07) is 8.27. The lowest BCUT2D eigenvalue weighted by Gasteiger charge is -2.36. The SMILES string of the molecule is CC1CC(N)CN(c2cccc(Cl)c2)C1. The molecular weight excluding hydrogens is 208 g/mol. The number of halogens is 1. The summed E-state index contributed by atoms with van der Waals surface area (Å²) in [5.74, 6) is 0.660. The van der Waals surface area contributed by atoms with E-state index in [0.717, 1.165) is 24.5 Å². The van der Waals surface area contributed by atoms with E-state index in [9.17, 15) is 0 Å². The smallest absolute Gasteiger partial charge is 0.0426 e. The Hall–Kier alpha value is -0.730. The zero-order valence-corrected chi connectivity index (χ0v) is 9.74. The highest BCUT2D eigenvalue weighted by atomic mass is 35.5. The van der Waals surface area contributed by atoms with E-state index >= 15 is 0 Å². The molecule has 0 aromatic heterocycles. The second-order valence-electron chi connectivity index (χ2n) is 4.49. The molecule has 0 spiro atoms. The lowest BCUT2D eigenvalue weighted by atomic mass is 9.96. The third-order valence-corrected chi connectivity index (χ3v) is 3.10.